The lowest BCUT2D eigenvalue weighted by atomic mass is 9.97. The van der Waals surface area contributed by atoms with E-state index in [0.717, 1.165) is 45.3 Å². The highest BCUT2D eigenvalue weighted by Crippen LogP contribution is 2.41. The van der Waals surface area contributed by atoms with Gasteiger partial charge in [0.2, 0.25) is 0 Å². The molecule has 76 heavy (non-hydrogen) atoms. The van der Waals surface area contributed by atoms with Gasteiger partial charge >= 0.3 is 0 Å². The van der Waals surface area contributed by atoms with Crippen molar-refractivity contribution in [1.29, 1.82) is 0 Å². The Morgan fingerprint density at radius 1 is 0.145 bits per heavy atom. The van der Waals surface area contributed by atoms with Crippen molar-refractivity contribution in [2.75, 3.05) is 9.80 Å². The second-order valence-electron chi connectivity index (χ2n) is 19.3. The maximum absolute atomic E-state index is 2.35. The van der Waals surface area contributed by atoms with E-state index in [0.29, 0.717) is 0 Å². The van der Waals surface area contributed by atoms with E-state index < -0.39 is 0 Å². The summed E-state index contributed by atoms with van der Waals surface area (Å²) in [6, 6.07) is 114. The minimum Gasteiger partial charge on any atom is -0.311 e. The minimum atomic E-state index is 1.09. The van der Waals surface area contributed by atoms with Crippen LogP contribution in [0.15, 0.2) is 315 Å². The van der Waals surface area contributed by atoms with Crippen LogP contribution in [-0.2, 0) is 0 Å². The first kappa shape index (κ1) is 45.8. The van der Waals surface area contributed by atoms with Gasteiger partial charge in [0.05, 0.1) is 0 Å². The van der Waals surface area contributed by atoms with Crippen molar-refractivity contribution in [3.05, 3.63) is 315 Å². The van der Waals surface area contributed by atoms with Crippen molar-refractivity contribution in [3.63, 3.8) is 0 Å². The van der Waals surface area contributed by atoms with E-state index in [9.17, 15) is 0 Å². The van der Waals surface area contributed by atoms with Crippen LogP contribution in [0.1, 0.15) is 0 Å². The molecule has 0 heterocycles. The quantitative estimate of drug-likeness (QED) is 0.120. The van der Waals surface area contributed by atoms with Gasteiger partial charge in [0.15, 0.2) is 0 Å². The third kappa shape index (κ3) is 9.21. The van der Waals surface area contributed by atoms with E-state index in [-0.39, 0.29) is 0 Å². The maximum Gasteiger partial charge on any atom is 0.0462 e. The van der Waals surface area contributed by atoms with Crippen molar-refractivity contribution in [1.82, 2.24) is 0 Å². The normalized spacial score (nSPS) is 11.2. The summed E-state index contributed by atoms with van der Waals surface area (Å²) in [6.07, 6.45) is 0. The molecule has 0 aliphatic rings. The molecule has 0 radical (unpaired) electrons. The van der Waals surface area contributed by atoms with Gasteiger partial charge in [-0.25, -0.2) is 0 Å². The predicted octanol–water partition coefficient (Wildman–Crippen LogP) is 20.9. The minimum absolute atomic E-state index is 1.09. The summed E-state index contributed by atoms with van der Waals surface area (Å²) >= 11 is 0. The molecule has 0 atom stereocenters. The predicted molar refractivity (Wildman–Crippen MR) is 323 cm³/mol. The Labute approximate surface area is 445 Å². The van der Waals surface area contributed by atoms with Crippen LogP contribution in [0.3, 0.4) is 0 Å². The van der Waals surface area contributed by atoms with Crippen molar-refractivity contribution in [2.24, 2.45) is 0 Å². The van der Waals surface area contributed by atoms with E-state index >= 15 is 0 Å². The lowest BCUT2D eigenvalue weighted by Crippen LogP contribution is -2.09. The first-order valence-corrected chi connectivity index (χ1v) is 26.1. The number of benzene rings is 13. The summed E-state index contributed by atoms with van der Waals surface area (Å²) in [5.41, 5.74) is 20.9. The third-order valence-corrected chi connectivity index (χ3v) is 14.7. The van der Waals surface area contributed by atoms with Crippen LogP contribution in [0.5, 0.6) is 0 Å². The summed E-state index contributed by atoms with van der Waals surface area (Å²) in [6.45, 7) is 0. The molecule has 0 fully saturated rings. The molecule has 2 heteroatoms. The number of hydrogen-bond acceptors (Lipinski definition) is 2. The highest BCUT2D eigenvalue weighted by molar-refractivity contribution is 5.98. The summed E-state index contributed by atoms with van der Waals surface area (Å²) in [4.78, 5) is 4.70. The zero-order chi connectivity index (χ0) is 50.6. The molecule has 0 aliphatic carbocycles. The molecule has 0 saturated heterocycles. The topological polar surface area (TPSA) is 6.48 Å². The van der Waals surface area contributed by atoms with E-state index in [4.69, 9.17) is 0 Å². The van der Waals surface area contributed by atoms with E-state index in [1.54, 1.807) is 0 Å². The number of nitrogens with zero attached hydrogens (tertiary/aromatic N) is 2. The third-order valence-electron chi connectivity index (χ3n) is 14.7. The number of anilines is 6. The fraction of sp³-hybridized carbons (Fsp3) is 0. The molecule has 0 bridgehead atoms. The van der Waals surface area contributed by atoms with Gasteiger partial charge in [-0.2, -0.15) is 0 Å². The van der Waals surface area contributed by atoms with Gasteiger partial charge in [-0.3, -0.25) is 0 Å². The summed E-state index contributed by atoms with van der Waals surface area (Å²) in [5, 5.41) is 5.00. The average Bonchev–Trinajstić information content (AvgIpc) is 3.51. The molecular weight excluding hydrogens is 917 g/mol. The molecule has 13 aromatic rings. The fourth-order valence-electron chi connectivity index (χ4n) is 10.8. The van der Waals surface area contributed by atoms with Gasteiger partial charge in [-0.1, -0.05) is 243 Å². The smallest absolute Gasteiger partial charge is 0.0462 e. The molecule has 358 valence electrons. The van der Waals surface area contributed by atoms with Gasteiger partial charge in [0.25, 0.3) is 0 Å². The van der Waals surface area contributed by atoms with Crippen LogP contribution in [0.2, 0.25) is 0 Å². The van der Waals surface area contributed by atoms with Crippen molar-refractivity contribution in [3.8, 4) is 66.8 Å². The lowest BCUT2D eigenvalue weighted by Gasteiger charge is -2.26. The first-order valence-electron chi connectivity index (χ1n) is 26.1. The Bertz CT molecular complexity index is 3790. The number of hydrogen-bond donors (Lipinski definition) is 0. The zero-order valence-electron chi connectivity index (χ0n) is 41.9. The molecule has 2 nitrogen and oxygen atoms in total. The molecule has 0 aliphatic heterocycles. The Morgan fingerprint density at radius 2 is 0.355 bits per heavy atom. The van der Waals surface area contributed by atoms with Crippen LogP contribution < -0.4 is 9.80 Å². The Hall–Kier alpha value is -10.0. The van der Waals surface area contributed by atoms with Crippen LogP contribution in [0.25, 0.3) is 88.3 Å². The first-order chi connectivity index (χ1) is 37.7. The summed E-state index contributed by atoms with van der Waals surface area (Å²) in [7, 11) is 0. The summed E-state index contributed by atoms with van der Waals surface area (Å²) in [5.74, 6) is 0. The van der Waals surface area contributed by atoms with E-state index in [2.05, 4.69) is 325 Å². The van der Waals surface area contributed by atoms with Crippen molar-refractivity contribution >= 4 is 55.7 Å². The summed E-state index contributed by atoms with van der Waals surface area (Å²) < 4.78 is 0. The molecule has 0 spiro atoms. The molecular formula is C74H52N2. The van der Waals surface area contributed by atoms with Gasteiger partial charge < -0.3 is 9.80 Å². The highest BCUT2D eigenvalue weighted by Gasteiger charge is 2.17. The standard InChI is InChI=1S/C74H52N2/c1-3-13-53(14-4-1)57-29-41-65(42-30-57)75(69-49-37-63(38-50-69)73-23-11-19-61-17-7-9-21-71(61)73)67-45-33-59(34-46-67)55-25-27-56(28-26-55)60-35-47-68(48-36-60)76(66-43-31-58(32-44-66)54-15-5-2-6-16-54)70-51-39-64(40-52-70)74-24-12-20-62-18-8-10-22-72(62)74/h1-52H. The second kappa shape index (κ2) is 20.5. The Kier molecular flexibility index (Phi) is 12.3. The van der Waals surface area contributed by atoms with Gasteiger partial charge in [-0.15, -0.1) is 0 Å². The highest BCUT2D eigenvalue weighted by atomic mass is 15.1. The largest absolute Gasteiger partial charge is 0.311 e. The molecule has 0 saturated carbocycles. The molecule has 13 aromatic carbocycles. The molecule has 13 rings (SSSR count). The number of rotatable bonds is 12. The van der Waals surface area contributed by atoms with E-state index in [1.165, 1.54) is 77.2 Å². The SMILES string of the molecule is c1ccc(-c2ccc(N(c3ccc(-c4ccc(-c5ccc(N(c6ccc(-c7ccccc7)cc6)c6ccc(-c7cccc8ccccc78)cc6)cc5)cc4)cc3)c3ccc(-c4cccc5ccccc45)cc3)cc2)cc1. The van der Waals surface area contributed by atoms with Crippen LogP contribution >= 0.6 is 0 Å². The fourth-order valence-corrected chi connectivity index (χ4v) is 10.8. The van der Waals surface area contributed by atoms with E-state index in [1.807, 2.05) is 0 Å². The van der Waals surface area contributed by atoms with Crippen molar-refractivity contribution < 1.29 is 0 Å². The molecule has 0 N–H and O–H groups in total. The molecule has 0 aromatic heterocycles. The Balaban J connectivity index is 0.776. The van der Waals surface area contributed by atoms with Gasteiger partial charge in [0.1, 0.15) is 0 Å². The van der Waals surface area contributed by atoms with Crippen LogP contribution in [-0.4, -0.2) is 0 Å². The van der Waals surface area contributed by atoms with Crippen LogP contribution in [0.4, 0.5) is 34.1 Å². The Morgan fingerprint density at radius 3 is 0.645 bits per heavy atom. The monoisotopic (exact) mass is 968 g/mol. The average molecular weight is 969 g/mol. The molecule has 0 amide bonds. The molecule has 0 unspecified atom stereocenters. The lowest BCUT2D eigenvalue weighted by molar-refractivity contribution is 1.28. The van der Waals surface area contributed by atoms with Crippen molar-refractivity contribution in [2.45, 2.75) is 0 Å². The number of fused-ring (bicyclic) bond motifs is 2. The maximum atomic E-state index is 2.35. The van der Waals surface area contributed by atoms with Gasteiger partial charge in [-0.05, 0) is 161 Å². The van der Waals surface area contributed by atoms with Gasteiger partial charge in [0, 0.05) is 34.1 Å². The zero-order valence-corrected chi connectivity index (χ0v) is 41.9. The van der Waals surface area contributed by atoms with Crippen LogP contribution in [0, 0.1) is 0 Å². The second-order valence-corrected chi connectivity index (χ2v) is 19.3.